The van der Waals surface area contributed by atoms with Crippen molar-refractivity contribution < 1.29 is 4.79 Å². The minimum Gasteiger partial charge on any atom is -0.338 e. The number of hydrogen-bond acceptors (Lipinski definition) is 1. The Kier molecular flexibility index (Phi) is 5.84. The first-order valence-corrected chi connectivity index (χ1v) is 6.35. The van der Waals surface area contributed by atoms with Gasteiger partial charge < -0.3 is 10.6 Å². The molecule has 1 rings (SSSR count). The minimum absolute atomic E-state index is 0.0316. The van der Waals surface area contributed by atoms with E-state index in [0.717, 1.165) is 18.4 Å². The summed E-state index contributed by atoms with van der Waals surface area (Å²) in [5.41, 5.74) is 1.07. The normalized spacial score (nSPS) is 11.9. The molecule has 0 aliphatic rings. The molecule has 4 heteroatoms. The first-order valence-electron chi connectivity index (χ1n) is 5.97. The number of rotatable bonds is 5. The Balaban J connectivity index is 2.59. The predicted molar refractivity (Wildman–Crippen MR) is 71.3 cm³/mol. The smallest absolute Gasteiger partial charge is 0.315 e. The van der Waals surface area contributed by atoms with Crippen LogP contribution in [0.15, 0.2) is 24.3 Å². The standard InChI is InChI=1S/C13H19ClN2O/c1-3-9-15-13(17)16-12(4-2)10-5-7-11(14)8-6-10/h5-8,12H,3-4,9H2,1-2H3,(H2,15,16,17). The molecular weight excluding hydrogens is 236 g/mol. The summed E-state index contributed by atoms with van der Waals surface area (Å²) in [6.45, 7) is 4.76. The molecule has 94 valence electrons. The second-order valence-electron chi connectivity index (χ2n) is 3.91. The summed E-state index contributed by atoms with van der Waals surface area (Å²) >= 11 is 5.83. The molecule has 0 saturated carbocycles. The van der Waals surface area contributed by atoms with E-state index in [2.05, 4.69) is 10.6 Å². The van der Waals surface area contributed by atoms with Crippen LogP contribution in [0.1, 0.15) is 38.3 Å². The molecule has 0 fully saturated rings. The molecule has 0 bridgehead atoms. The molecule has 0 saturated heterocycles. The average Bonchev–Trinajstić information content (AvgIpc) is 2.34. The van der Waals surface area contributed by atoms with Crippen molar-refractivity contribution in [3.05, 3.63) is 34.9 Å². The molecule has 1 atom stereocenters. The maximum absolute atomic E-state index is 11.6. The fraction of sp³-hybridized carbons (Fsp3) is 0.462. The van der Waals surface area contributed by atoms with Crippen molar-refractivity contribution in [3.63, 3.8) is 0 Å². The first-order chi connectivity index (χ1) is 8.17. The summed E-state index contributed by atoms with van der Waals surface area (Å²) < 4.78 is 0. The van der Waals surface area contributed by atoms with Gasteiger partial charge in [-0.05, 0) is 30.5 Å². The van der Waals surface area contributed by atoms with Gasteiger partial charge in [-0.2, -0.15) is 0 Å². The second kappa shape index (κ2) is 7.17. The molecule has 1 unspecified atom stereocenters. The van der Waals surface area contributed by atoms with Gasteiger partial charge in [-0.3, -0.25) is 0 Å². The van der Waals surface area contributed by atoms with E-state index in [1.54, 1.807) is 0 Å². The zero-order chi connectivity index (χ0) is 12.7. The van der Waals surface area contributed by atoms with Crippen molar-refractivity contribution in [2.45, 2.75) is 32.7 Å². The van der Waals surface area contributed by atoms with Crippen molar-refractivity contribution in [3.8, 4) is 0 Å². The maximum Gasteiger partial charge on any atom is 0.315 e. The molecule has 0 aliphatic carbocycles. The van der Waals surface area contributed by atoms with Gasteiger partial charge in [0.15, 0.2) is 0 Å². The lowest BCUT2D eigenvalue weighted by atomic mass is 10.1. The number of amides is 2. The van der Waals surface area contributed by atoms with Crippen LogP contribution < -0.4 is 10.6 Å². The Morgan fingerprint density at radius 2 is 1.94 bits per heavy atom. The van der Waals surface area contributed by atoms with Gasteiger partial charge in [0.05, 0.1) is 6.04 Å². The predicted octanol–water partition coefficient (Wildman–Crippen LogP) is 3.50. The molecular formula is C13H19ClN2O. The van der Waals surface area contributed by atoms with Crippen molar-refractivity contribution in [1.29, 1.82) is 0 Å². The zero-order valence-electron chi connectivity index (χ0n) is 10.3. The van der Waals surface area contributed by atoms with Gasteiger partial charge in [0, 0.05) is 11.6 Å². The van der Waals surface area contributed by atoms with Crippen LogP contribution in [-0.4, -0.2) is 12.6 Å². The lowest BCUT2D eigenvalue weighted by Crippen LogP contribution is -2.38. The molecule has 2 N–H and O–H groups in total. The van der Waals surface area contributed by atoms with Gasteiger partial charge in [-0.15, -0.1) is 0 Å². The number of benzene rings is 1. The molecule has 1 aromatic carbocycles. The van der Waals surface area contributed by atoms with Gasteiger partial charge in [0.25, 0.3) is 0 Å². The average molecular weight is 255 g/mol. The summed E-state index contributed by atoms with van der Waals surface area (Å²) in [7, 11) is 0. The molecule has 1 aromatic rings. The van der Waals surface area contributed by atoms with Crippen LogP contribution in [-0.2, 0) is 0 Å². The van der Waals surface area contributed by atoms with Gasteiger partial charge >= 0.3 is 6.03 Å². The van der Waals surface area contributed by atoms with Crippen molar-refractivity contribution in [2.24, 2.45) is 0 Å². The zero-order valence-corrected chi connectivity index (χ0v) is 11.1. The minimum atomic E-state index is -0.117. The number of hydrogen-bond donors (Lipinski definition) is 2. The van der Waals surface area contributed by atoms with Gasteiger partial charge in [0.1, 0.15) is 0 Å². The molecule has 2 amide bonds. The summed E-state index contributed by atoms with van der Waals surface area (Å²) in [5, 5.41) is 6.45. The quantitative estimate of drug-likeness (QED) is 0.830. The van der Waals surface area contributed by atoms with E-state index in [4.69, 9.17) is 11.6 Å². The molecule has 0 heterocycles. The van der Waals surface area contributed by atoms with Crippen LogP contribution in [0.3, 0.4) is 0 Å². The maximum atomic E-state index is 11.6. The third-order valence-corrected chi connectivity index (χ3v) is 2.77. The van der Waals surface area contributed by atoms with Gasteiger partial charge in [-0.1, -0.05) is 37.6 Å². The van der Waals surface area contributed by atoms with E-state index in [0.29, 0.717) is 11.6 Å². The lowest BCUT2D eigenvalue weighted by molar-refractivity contribution is 0.236. The Morgan fingerprint density at radius 3 is 2.47 bits per heavy atom. The highest BCUT2D eigenvalue weighted by Crippen LogP contribution is 2.18. The Labute approximate surface area is 108 Å². The third kappa shape index (κ3) is 4.65. The van der Waals surface area contributed by atoms with Crippen LogP contribution >= 0.6 is 11.6 Å². The summed E-state index contributed by atoms with van der Waals surface area (Å²) in [6.07, 6.45) is 1.78. The fourth-order valence-electron chi connectivity index (χ4n) is 1.56. The fourth-order valence-corrected chi connectivity index (χ4v) is 1.69. The van der Waals surface area contributed by atoms with E-state index in [9.17, 15) is 4.79 Å². The third-order valence-electron chi connectivity index (χ3n) is 2.52. The number of carbonyl (C=O) groups is 1. The van der Waals surface area contributed by atoms with Crippen LogP contribution in [0.2, 0.25) is 5.02 Å². The van der Waals surface area contributed by atoms with Crippen molar-refractivity contribution in [2.75, 3.05) is 6.54 Å². The van der Waals surface area contributed by atoms with Crippen molar-refractivity contribution in [1.82, 2.24) is 10.6 Å². The SMILES string of the molecule is CCCNC(=O)NC(CC)c1ccc(Cl)cc1. The number of halogens is 1. The number of carbonyl (C=O) groups excluding carboxylic acids is 1. The van der Waals surface area contributed by atoms with Crippen LogP contribution in [0.5, 0.6) is 0 Å². The second-order valence-corrected chi connectivity index (χ2v) is 4.35. The Bertz CT molecular complexity index is 351. The van der Waals surface area contributed by atoms with E-state index in [-0.39, 0.29) is 12.1 Å². The highest BCUT2D eigenvalue weighted by atomic mass is 35.5. The van der Waals surface area contributed by atoms with E-state index >= 15 is 0 Å². The lowest BCUT2D eigenvalue weighted by Gasteiger charge is -2.17. The summed E-state index contributed by atoms with van der Waals surface area (Å²) in [6, 6.07) is 7.47. The molecule has 3 nitrogen and oxygen atoms in total. The Morgan fingerprint density at radius 1 is 1.29 bits per heavy atom. The topological polar surface area (TPSA) is 41.1 Å². The molecule has 17 heavy (non-hydrogen) atoms. The van der Waals surface area contributed by atoms with E-state index in [1.165, 1.54) is 0 Å². The molecule has 0 aromatic heterocycles. The largest absolute Gasteiger partial charge is 0.338 e. The molecule has 0 aliphatic heterocycles. The van der Waals surface area contributed by atoms with Gasteiger partial charge in [0.2, 0.25) is 0 Å². The molecule has 0 spiro atoms. The molecule has 0 radical (unpaired) electrons. The van der Waals surface area contributed by atoms with Crippen LogP contribution in [0, 0.1) is 0 Å². The number of urea groups is 1. The number of nitrogens with one attached hydrogen (secondary N) is 2. The Hall–Kier alpha value is -1.22. The van der Waals surface area contributed by atoms with Crippen molar-refractivity contribution >= 4 is 17.6 Å². The first kappa shape index (κ1) is 13.8. The monoisotopic (exact) mass is 254 g/mol. The highest BCUT2D eigenvalue weighted by Gasteiger charge is 2.11. The van der Waals surface area contributed by atoms with Crippen LogP contribution in [0.25, 0.3) is 0 Å². The van der Waals surface area contributed by atoms with Gasteiger partial charge in [-0.25, -0.2) is 4.79 Å². The summed E-state index contributed by atoms with van der Waals surface area (Å²) in [4.78, 5) is 11.6. The van der Waals surface area contributed by atoms with Crippen LogP contribution in [0.4, 0.5) is 4.79 Å². The van der Waals surface area contributed by atoms with E-state index in [1.807, 2.05) is 38.1 Å². The van der Waals surface area contributed by atoms with E-state index < -0.39 is 0 Å². The summed E-state index contributed by atoms with van der Waals surface area (Å²) in [5.74, 6) is 0. The highest BCUT2D eigenvalue weighted by molar-refractivity contribution is 6.30.